The molecule has 0 aliphatic heterocycles. The lowest BCUT2D eigenvalue weighted by molar-refractivity contribution is -0.139. The van der Waals surface area contributed by atoms with E-state index in [0.717, 1.165) is 19.3 Å². The number of allylic oxidation sites excluding steroid dienone is 6. The molecule has 0 aromatic rings. The topological polar surface area (TPSA) is 57.5 Å². The monoisotopic (exact) mass is 294 g/mol. The molecule has 0 aliphatic carbocycles. The van der Waals surface area contributed by atoms with E-state index in [1.807, 2.05) is 6.08 Å². The molecule has 0 heterocycles. The summed E-state index contributed by atoms with van der Waals surface area (Å²) >= 11 is 0. The molecule has 0 aromatic carbocycles. The number of carbonyl (C=O) groups is 1. The Morgan fingerprint density at radius 2 is 1.52 bits per heavy atom. The average Bonchev–Trinajstić information content (AvgIpc) is 2.43. The van der Waals surface area contributed by atoms with Crippen molar-refractivity contribution in [1.29, 1.82) is 0 Å². The minimum Gasteiger partial charge on any atom is -0.481 e. The van der Waals surface area contributed by atoms with E-state index in [0.29, 0.717) is 6.42 Å². The van der Waals surface area contributed by atoms with Gasteiger partial charge < -0.3 is 10.2 Å². The summed E-state index contributed by atoms with van der Waals surface area (Å²) in [5.41, 5.74) is 0. The number of aliphatic hydroxyl groups is 1. The van der Waals surface area contributed by atoms with Crippen LogP contribution in [-0.4, -0.2) is 22.3 Å². The first-order chi connectivity index (χ1) is 10.2. The lowest BCUT2D eigenvalue weighted by atomic mass is 10.1. The van der Waals surface area contributed by atoms with Crippen LogP contribution in [-0.2, 0) is 4.79 Å². The second-order valence-electron chi connectivity index (χ2n) is 5.21. The van der Waals surface area contributed by atoms with Gasteiger partial charge in [-0.3, -0.25) is 4.79 Å². The molecule has 0 amide bonds. The molecule has 3 nitrogen and oxygen atoms in total. The zero-order chi connectivity index (χ0) is 15.8. The van der Waals surface area contributed by atoms with Crippen LogP contribution in [0.4, 0.5) is 0 Å². The molecule has 1 unspecified atom stereocenters. The van der Waals surface area contributed by atoms with Crippen molar-refractivity contribution in [2.75, 3.05) is 0 Å². The van der Waals surface area contributed by atoms with Crippen molar-refractivity contribution in [3.63, 3.8) is 0 Å². The molecule has 1 atom stereocenters. The number of rotatable bonds is 13. The molecule has 0 aliphatic rings. The first-order valence-electron chi connectivity index (χ1n) is 8.01. The van der Waals surface area contributed by atoms with Gasteiger partial charge in [0.15, 0.2) is 0 Å². The van der Waals surface area contributed by atoms with Crippen molar-refractivity contribution in [2.24, 2.45) is 0 Å². The Labute approximate surface area is 129 Å². The Morgan fingerprint density at radius 3 is 2.10 bits per heavy atom. The minimum absolute atomic E-state index is 0.168. The fraction of sp³-hybridized carbons (Fsp3) is 0.611. The highest BCUT2D eigenvalue weighted by Crippen LogP contribution is 2.03. The predicted molar refractivity (Wildman–Crippen MR) is 88.3 cm³/mol. The summed E-state index contributed by atoms with van der Waals surface area (Å²) in [5.74, 6) is -0.947. The van der Waals surface area contributed by atoms with Crippen molar-refractivity contribution < 1.29 is 15.0 Å². The molecule has 0 spiro atoms. The van der Waals surface area contributed by atoms with E-state index in [1.54, 1.807) is 0 Å². The number of hydrogen-bond donors (Lipinski definition) is 2. The summed E-state index contributed by atoms with van der Waals surface area (Å²) < 4.78 is 0. The number of carboxylic acid groups (broad SMARTS) is 1. The summed E-state index contributed by atoms with van der Waals surface area (Å²) in [6, 6.07) is 0. The van der Waals surface area contributed by atoms with Gasteiger partial charge in [-0.25, -0.2) is 0 Å². The lowest BCUT2D eigenvalue weighted by Crippen LogP contribution is -2.12. The van der Waals surface area contributed by atoms with Gasteiger partial charge in [0, 0.05) is 0 Å². The quantitative estimate of drug-likeness (QED) is 0.384. The van der Waals surface area contributed by atoms with Crippen molar-refractivity contribution in [3.05, 3.63) is 36.5 Å². The van der Waals surface area contributed by atoms with Crippen molar-refractivity contribution >= 4 is 5.97 Å². The average molecular weight is 294 g/mol. The molecule has 0 radical (unpaired) electrons. The van der Waals surface area contributed by atoms with E-state index in [-0.39, 0.29) is 6.42 Å². The molecule has 0 aromatic heterocycles. The smallest absolute Gasteiger partial charge is 0.305 e. The molecule has 120 valence electrons. The number of aliphatic hydroxyl groups excluding tert-OH is 1. The summed E-state index contributed by atoms with van der Waals surface area (Å²) in [7, 11) is 0. The number of aliphatic carboxylic acids is 1. The van der Waals surface area contributed by atoms with Gasteiger partial charge in [0.25, 0.3) is 0 Å². The maximum absolute atomic E-state index is 10.4. The van der Waals surface area contributed by atoms with Crippen LogP contribution in [0.25, 0.3) is 0 Å². The van der Waals surface area contributed by atoms with Gasteiger partial charge in [0.05, 0.1) is 12.5 Å². The Kier molecular flexibility index (Phi) is 14.1. The maximum Gasteiger partial charge on any atom is 0.305 e. The van der Waals surface area contributed by atoms with E-state index in [4.69, 9.17) is 5.11 Å². The Balaban J connectivity index is 3.45. The number of carboxylic acids is 1. The summed E-state index contributed by atoms with van der Waals surface area (Å²) in [4.78, 5) is 10.4. The molecule has 0 saturated heterocycles. The Morgan fingerprint density at radius 1 is 0.952 bits per heavy atom. The first kappa shape index (κ1) is 19.7. The van der Waals surface area contributed by atoms with Crippen molar-refractivity contribution in [1.82, 2.24) is 0 Å². The van der Waals surface area contributed by atoms with Crippen LogP contribution < -0.4 is 0 Å². The van der Waals surface area contributed by atoms with Crippen LogP contribution in [0.1, 0.15) is 64.7 Å². The van der Waals surface area contributed by atoms with Crippen LogP contribution in [0, 0.1) is 0 Å². The van der Waals surface area contributed by atoms with Gasteiger partial charge in [0.2, 0.25) is 0 Å². The van der Waals surface area contributed by atoms with Gasteiger partial charge in [-0.2, -0.15) is 0 Å². The normalized spacial score (nSPS) is 13.6. The molecule has 21 heavy (non-hydrogen) atoms. The third kappa shape index (κ3) is 16.6. The highest BCUT2D eigenvalue weighted by Gasteiger charge is 2.07. The summed E-state index contributed by atoms with van der Waals surface area (Å²) in [6.07, 6.45) is 20.0. The van der Waals surface area contributed by atoms with E-state index < -0.39 is 12.1 Å². The van der Waals surface area contributed by atoms with Crippen LogP contribution >= 0.6 is 0 Å². The largest absolute Gasteiger partial charge is 0.481 e. The van der Waals surface area contributed by atoms with Gasteiger partial charge in [-0.05, 0) is 38.5 Å². The van der Waals surface area contributed by atoms with Crippen LogP contribution in [0.5, 0.6) is 0 Å². The fourth-order valence-electron chi connectivity index (χ4n) is 1.88. The maximum atomic E-state index is 10.4. The number of unbranched alkanes of at least 4 members (excludes halogenated alkanes) is 3. The Bertz CT molecular complexity index is 329. The second kappa shape index (κ2) is 15.0. The van der Waals surface area contributed by atoms with Gasteiger partial charge in [-0.1, -0.05) is 56.2 Å². The van der Waals surface area contributed by atoms with E-state index >= 15 is 0 Å². The fourth-order valence-corrected chi connectivity index (χ4v) is 1.88. The van der Waals surface area contributed by atoms with Crippen LogP contribution in [0.3, 0.4) is 0 Å². The van der Waals surface area contributed by atoms with Crippen molar-refractivity contribution in [3.8, 4) is 0 Å². The molecule has 0 saturated carbocycles. The zero-order valence-electron chi connectivity index (χ0n) is 13.2. The highest BCUT2D eigenvalue weighted by molar-refractivity contribution is 5.67. The van der Waals surface area contributed by atoms with Crippen LogP contribution in [0.15, 0.2) is 36.5 Å². The van der Waals surface area contributed by atoms with E-state index in [9.17, 15) is 9.90 Å². The summed E-state index contributed by atoms with van der Waals surface area (Å²) in [5, 5.41) is 17.9. The predicted octanol–water partition coefficient (Wildman–Crippen LogP) is 4.63. The third-order valence-corrected chi connectivity index (χ3v) is 3.10. The minimum atomic E-state index is -0.947. The van der Waals surface area contributed by atoms with Gasteiger partial charge in [0.1, 0.15) is 0 Å². The molecule has 2 N–H and O–H groups in total. The van der Waals surface area contributed by atoms with E-state index in [2.05, 4.69) is 37.3 Å². The lowest BCUT2D eigenvalue weighted by Gasteiger charge is -2.04. The zero-order valence-corrected chi connectivity index (χ0v) is 13.2. The standard InChI is InChI=1S/C18H30O3/c1-2-3-4-5-6-7-8-9-10-11-12-13-14-15-17(19)16-18(20)21/h6-7,9-10,12-13,17,19H,2-5,8,11,14-16H2,1H3,(H,20,21)/b7-6-,10-9-,13-12-. The summed E-state index contributed by atoms with van der Waals surface area (Å²) in [6.45, 7) is 2.22. The molecule has 3 heteroatoms. The molecular formula is C18H30O3. The molecular weight excluding hydrogens is 264 g/mol. The third-order valence-electron chi connectivity index (χ3n) is 3.10. The highest BCUT2D eigenvalue weighted by atomic mass is 16.4. The first-order valence-corrected chi connectivity index (χ1v) is 8.01. The van der Waals surface area contributed by atoms with Crippen molar-refractivity contribution in [2.45, 2.75) is 70.8 Å². The number of hydrogen-bond acceptors (Lipinski definition) is 2. The Hall–Kier alpha value is -1.35. The molecule has 0 bridgehead atoms. The SMILES string of the molecule is CCCCC/C=C\C/C=C\C/C=C\CCC(O)CC(=O)O. The van der Waals surface area contributed by atoms with Crippen LogP contribution in [0.2, 0.25) is 0 Å². The van der Waals surface area contributed by atoms with Gasteiger partial charge in [-0.15, -0.1) is 0 Å². The van der Waals surface area contributed by atoms with E-state index in [1.165, 1.54) is 25.7 Å². The molecule has 0 rings (SSSR count). The second-order valence-corrected chi connectivity index (χ2v) is 5.21. The van der Waals surface area contributed by atoms with Gasteiger partial charge >= 0.3 is 5.97 Å². The molecule has 0 fully saturated rings.